The molecule has 1 aromatic carbocycles. The van der Waals surface area contributed by atoms with Gasteiger partial charge < -0.3 is 14.2 Å². The van der Waals surface area contributed by atoms with Crippen LogP contribution in [0.25, 0.3) is 6.08 Å². The number of esters is 1. The first kappa shape index (κ1) is 17.2. The fourth-order valence-electron chi connectivity index (χ4n) is 1.84. The van der Waals surface area contributed by atoms with Gasteiger partial charge >= 0.3 is 5.97 Å². The first-order chi connectivity index (χ1) is 10.2. The number of unbranched alkanes of at least 4 members (excludes halogenated alkanes) is 1. The minimum Gasteiger partial charge on any atom is -0.490 e. The van der Waals surface area contributed by atoms with Crippen LogP contribution in [0.15, 0.2) is 36.1 Å². The molecular formula is C17H24O4. The predicted molar refractivity (Wildman–Crippen MR) is 82.7 cm³/mol. The predicted octanol–water partition coefficient (Wildman–Crippen LogP) is 3.42. The van der Waals surface area contributed by atoms with Crippen molar-refractivity contribution in [3.63, 3.8) is 0 Å². The van der Waals surface area contributed by atoms with E-state index in [1.807, 2.05) is 30.3 Å². The van der Waals surface area contributed by atoms with Gasteiger partial charge in [-0.05, 0) is 18.1 Å². The van der Waals surface area contributed by atoms with Crippen LogP contribution in [0.1, 0.15) is 31.7 Å². The number of carbonyl (C=O) groups is 1. The Hall–Kier alpha value is -1.81. The van der Waals surface area contributed by atoms with Gasteiger partial charge in [-0.3, -0.25) is 0 Å². The zero-order valence-corrected chi connectivity index (χ0v) is 13.0. The molecule has 4 nitrogen and oxygen atoms in total. The van der Waals surface area contributed by atoms with Gasteiger partial charge in [0, 0.05) is 7.11 Å². The highest BCUT2D eigenvalue weighted by atomic mass is 16.6. The van der Waals surface area contributed by atoms with E-state index in [0.717, 1.165) is 24.8 Å². The number of ether oxygens (including phenoxy) is 3. The van der Waals surface area contributed by atoms with Gasteiger partial charge in [-0.25, -0.2) is 4.79 Å². The van der Waals surface area contributed by atoms with Gasteiger partial charge in [-0.1, -0.05) is 50.1 Å². The summed E-state index contributed by atoms with van der Waals surface area (Å²) in [6.45, 7) is 2.36. The molecule has 0 amide bonds. The number of hydrogen-bond donors (Lipinski definition) is 0. The standard InChI is InChI=1S/C17H24O4/c1-4-5-11-15(19-2)13-21-17(18)16(20-3)12-14-9-7-6-8-10-14/h6-10,12,15H,4-5,11,13H2,1-3H3. The van der Waals surface area contributed by atoms with Gasteiger partial charge in [0.1, 0.15) is 6.61 Å². The lowest BCUT2D eigenvalue weighted by atomic mass is 10.2. The van der Waals surface area contributed by atoms with Crippen LogP contribution >= 0.6 is 0 Å². The second-order valence-corrected chi connectivity index (χ2v) is 4.72. The molecule has 1 unspecified atom stereocenters. The second kappa shape index (κ2) is 10.00. The molecule has 0 heterocycles. The first-order valence-corrected chi connectivity index (χ1v) is 7.21. The van der Waals surface area contributed by atoms with Crippen molar-refractivity contribution in [3.8, 4) is 0 Å². The van der Waals surface area contributed by atoms with Crippen LogP contribution in [-0.4, -0.2) is 32.9 Å². The number of carbonyl (C=O) groups excluding carboxylic acids is 1. The van der Waals surface area contributed by atoms with E-state index >= 15 is 0 Å². The fourth-order valence-corrected chi connectivity index (χ4v) is 1.84. The monoisotopic (exact) mass is 292 g/mol. The van der Waals surface area contributed by atoms with E-state index in [-0.39, 0.29) is 18.5 Å². The summed E-state index contributed by atoms with van der Waals surface area (Å²) in [6.07, 6.45) is 4.61. The summed E-state index contributed by atoms with van der Waals surface area (Å²) >= 11 is 0. The fraction of sp³-hybridized carbons (Fsp3) is 0.471. The zero-order valence-electron chi connectivity index (χ0n) is 13.0. The maximum absolute atomic E-state index is 12.0. The number of rotatable bonds is 9. The first-order valence-electron chi connectivity index (χ1n) is 7.21. The Morgan fingerprint density at radius 2 is 1.95 bits per heavy atom. The molecule has 0 spiro atoms. The topological polar surface area (TPSA) is 44.8 Å². The Kier molecular flexibility index (Phi) is 8.21. The molecule has 0 radical (unpaired) electrons. The van der Waals surface area contributed by atoms with Crippen molar-refractivity contribution in [3.05, 3.63) is 41.7 Å². The quantitative estimate of drug-likeness (QED) is 0.397. The molecule has 0 fully saturated rings. The highest BCUT2D eigenvalue weighted by molar-refractivity contribution is 5.91. The highest BCUT2D eigenvalue weighted by Gasteiger charge is 2.15. The van der Waals surface area contributed by atoms with Gasteiger partial charge in [0.25, 0.3) is 0 Å². The van der Waals surface area contributed by atoms with E-state index in [0.29, 0.717) is 0 Å². The van der Waals surface area contributed by atoms with E-state index in [9.17, 15) is 4.79 Å². The number of hydrogen-bond acceptors (Lipinski definition) is 4. The average Bonchev–Trinajstić information content (AvgIpc) is 2.53. The number of methoxy groups -OCH3 is 2. The summed E-state index contributed by atoms with van der Waals surface area (Å²) < 4.78 is 15.7. The van der Waals surface area contributed by atoms with Crippen LogP contribution in [0.5, 0.6) is 0 Å². The summed E-state index contributed by atoms with van der Waals surface area (Å²) in [6, 6.07) is 9.50. The van der Waals surface area contributed by atoms with Gasteiger partial charge in [-0.15, -0.1) is 0 Å². The van der Waals surface area contributed by atoms with E-state index in [1.165, 1.54) is 7.11 Å². The highest BCUT2D eigenvalue weighted by Crippen LogP contribution is 2.10. The van der Waals surface area contributed by atoms with Crippen molar-refractivity contribution in [2.45, 2.75) is 32.3 Å². The third kappa shape index (κ3) is 6.45. The molecule has 1 atom stereocenters. The molecule has 0 saturated heterocycles. The molecule has 21 heavy (non-hydrogen) atoms. The summed E-state index contributed by atoms with van der Waals surface area (Å²) in [5.41, 5.74) is 0.889. The van der Waals surface area contributed by atoms with Crippen molar-refractivity contribution in [1.82, 2.24) is 0 Å². The lowest BCUT2D eigenvalue weighted by molar-refractivity contribution is -0.146. The summed E-state index contributed by atoms with van der Waals surface area (Å²) in [4.78, 5) is 12.0. The molecule has 0 aliphatic carbocycles. The molecule has 116 valence electrons. The van der Waals surface area contributed by atoms with Gasteiger partial charge in [-0.2, -0.15) is 0 Å². The van der Waals surface area contributed by atoms with E-state index < -0.39 is 5.97 Å². The Bertz CT molecular complexity index is 439. The van der Waals surface area contributed by atoms with Crippen LogP contribution < -0.4 is 0 Å². The minimum atomic E-state index is -0.472. The largest absolute Gasteiger partial charge is 0.490 e. The normalized spacial score (nSPS) is 12.8. The van der Waals surface area contributed by atoms with Crippen molar-refractivity contribution in [2.75, 3.05) is 20.8 Å². The summed E-state index contributed by atoms with van der Waals surface area (Å²) in [5, 5.41) is 0. The van der Waals surface area contributed by atoms with Crippen LogP contribution in [0.4, 0.5) is 0 Å². The number of benzene rings is 1. The Morgan fingerprint density at radius 3 is 2.52 bits per heavy atom. The maximum atomic E-state index is 12.0. The lowest BCUT2D eigenvalue weighted by Crippen LogP contribution is -2.22. The Labute approximate surface area is 126 Å². The van der Waals surface area contributed by atoms with E-state index in [4.69, 9.17) is 14.2 Å². The average molecular weight is 292 g/mol. The van der Waals surface area contributed by atoms with Crippen molar-refractivity contribution < 1.29 is 19.0 Å². The molecule has 0 aliphatic heterocycles. The van der Waals surface area contributed by atoms with Crippen LogP contribution in [0.3, 0.4) is 0 Å². The molecule has 0 bridgehead atoms. The summed E-state index contributed by atoms with van der Waals surface area (Å²) in [7, 11) is 3.09. The maximum Gasteiger partial charge on any atom is 0.373 e. The molecule has 1 aromatic rings. The van der Waals surface area contributed by atoms with Gasteiger partial charge in [0.2, 0.25) is 5.76 Å². The third-order valence-electron chi connectivity index (χ3n) is 3.13. The molecule has 0 aliphatic rings. The van der Waals surface area contributed by atoms with Gasteiger partial charge in [0.15, 0.2) is 0 Å². The Balaban J connectivity index is 2.57. The SMILES string of the molecule is CCCCC(COC(=O)C(=Cc1ccccc1)OC)OC. The zero-order chi connectivity index (χ0) is 15.5. The van der Waals surface area contributed by atoms with E-state index in [1.54, 1.807) is 13.2 Å². The second-order valence-electron chi connectivity index (χ2n) is 4.72. The minimum absolute atomic E-state index is 0.0660. The molecular weight excluding hydrogens is 268 g/mol. The van der Waals surface area contributed by atoms with Crippen molar-refractivity contribution in [2.24, 2.45) is 0 Å². The lowest BCUT2D eigenvalue weighted by Gasteiger charge is -2.15. The summed E-state index contributed by atoms with van der Waals surface area (Å²) in [5.74, 6) is -0.286. The molecule has 4 heteroatoms. The Morgan fingerprint density at radius 1 is 1.24 bits per heavy atom. The van der Waals surface area contributed by atoms with Gasteiger partial charge in [0.05, 0.1) is 13.2 Å². The smallest absolute Gasteiger partial charge is 0.373 e. The molecule has 0 saturated carbocycles. The van der Waals surface area contributed by atoms with E-state index in [2.05, 4.69) is 6.92 Å². The molecule has 1 rings (SSSR count). The third-order valence-corrected chi connectivity index (χ3v) is 3.13. The van der Waals surface area contributed by atoms with Crippen LogP contribution in [0, 0.1) is 0 Å². The van der Waals surface area contributed by atoms with Crippen LogP contribution in [-0.2, 0) is 19.0 Å². The van der Waals surface area contributed by atoms with Crippen LogP contribution in [0.2, 0.25) is 0 Å². The van der Waals surface area contributed by atoms with Crippen molar-refractivity contribution >= 4 is 12.0 Å². The molecule has 0 N–H and O–H groups in total. The van der Waals surface area contributed by atoms with Crippen molar-refractivity contribution in [1.29, 1.82) is 0 Å². The molecule has 0 aromatic heterocycles.